The summed E-state index contributed by atoms with van der Waals surface area (Å²) >= 11 is 6.88. The molecule has 1 fully saturated rings. The zero-order valence-electron chi connectivity index (χ0n) is 16.0. The van der Waals surface area contributed by atoms with Crippen LogP contribution in [-0.4, -0.2) is 40.9 Å². The van der Waals surface area contributed by atoms with Crippen molar-refractivity contribution in [3.63, 3.8) is 0 Å². The molecule has 0 bridgehead atoms. The third kappa shape index (κ3) is 5.05. The van der Waals surface area contributed by atoms with Crippen molar-refractivity contribution in [3.8, 4) is 17.2 Å². The average molecular weight is 434 g/mol. The van der Waals surface area contributed by atoms with Gasteiger partial charge in [0.05, 0.1) is 23.1 Å². The van der Waals surface area contributed by atoms with Gasteiger partial charge in [0, 0.05) is 0 Å². The number of ether oxygens (including phenoxy) is 2. The summed E-state index contributed by atoms with van der Waals surface area (Å²) in [5.74, 6) is 0.346. The van der Waals surface area contributed by atoms with Gasteiger partial charge in [-0.15, -0.1) is 0 Å². The van der Waals surface area contributed by atoms with E-state index in [1.165, 1.54) is 6.07 Å². The van der Waals surface area contributed by atoms with Gasteiger partial charge in [-0.1, -0.05) is 29.3 Å². The fourth-order valence-corrected chi connectivity index (χ4v) is 3.76. The largest absolute Gasteiger partial charge is 0.503 e. The smallest absolute Gasteiger partial charge is 0.293 e. The lowest BCUT2D eigenvalue weighted by molar-refractivity contribution is -0.123. The Kier molecular flexibility index (Phi) is 6.71. The number of imide groups is 1. The molecule has 0 atom stereocenters. The van der Waals surface area contributed by atoms with Crippen LogP contribution in [0, 0.1) is 6.92 Å². The number of halogens is 1. The van der Waals surface area contributed by atoms with Gasteiger partial charge in [-0.05, 0) is 61.5 Å². The maximum absolute atomic E-state index is 12.6. The second kappa shape index (κ2) is 9.24. The number of hydrogen-bond acceptors (Lipinski definition) is 6. The minimum atomic E-state index is -0.394. The SMILES string of the molecule is CCOc1cc(C=C2SC(=O)N(CCOc3ccc(C)cc3)C2=O)cc(Cl)c1O. The van der Waals surface area contributed by atoms with E-state index < -0.39 is 5.91 Å². The van der Waals surface area contributed by atoms with Crippen molar-refractivity contribution in [1.29, 1.82) is 0 Å². The van der Waals surface area contributed by atoms with Gasteiger partial charge in [0.1, 0.15) is 12.4 Å². The number of nitrogens with zero attached hydrogens (tertiary/aromatic N) is 1. The van der Waals surface area contributed by atoms with Crippen molar-refractivity contribution in [2.45, 2.75) is 13.8 Å². The van der Waals surface area contributed by atoms with Crippen LogP contribution >= 0.6 is 23.4 Å². The second-order valence-electron chi connectivity index (χ2n) is 6.28. The predicted octanol–water partition coefficient (Wildman–Crippen LogP) is 4.87. The lowest BCUT2D eigenvalue weighted by Gasteiger charge is -2.13. The lowest BCUT2D eigenvalue weighted by Crippen LogP contribution is -2.32. The van der Waals surface area contributed by atoms with Crippen LogP contribution in [0.4, 0.5) is 4.79 Å². The first kappa shape index (κ1) is 21.1. The van der Waals surface area contributed by atoms with Crippen LogP contribution in [0.25, 0.3) is 6.08 Å². The van der Waals surface area contributed by atoms with Crippen LogP contribution in [0.15, 0.2) is 41.3 Å². The predicted molar refractivity (Wildman–Crippen MR) is 114 cm³/mol. The molecular weight excluding hydrogens is 414 g/mol. The highest BCUT2D eigenvalue weighted by Gasteiger charge is 2.34. The molecule has 0 unspecified atom stereocenters. The molecule has 0 aliphatic carbocycles. The van der Waals surface area contributed by atoms with Gasteiger partial charge in [-0.2, -0.15) is 0 Å². The molecule has 1 aliphatic heterocycles. The third-order valence-corrected chi connectivity index (χ3v) is 5.32. The molecule has 1 saturated heterocycles. The van der Waals surface area contributed by atoms with Crippen molar-refractivity contribution in [2.75, 3.05) is 19.8 Å². The molecular formula is C21H20ClNO5S. The van der Waals surface area contributed by atoms with Gasteiger partial charge in [0.15, 0.2) is 11.5 Å². The maximum atomic E-state index is 12.6. The molecule has 3 rings (SSSR count). The van der Waals surface area contributed by atoms with Crippen molar-refractivity contribution < 1.29 is 24.2 Å². The fourth-order valence-electron chi connectivity index (χ4n) is 2.68. The lowest BCUT2D eigenvalue weighted by atomic mass is 10.2. The first-order chi connectivity index (χ1) is 13.9. The number of amides is 2. The summed E-state index contributed by atoms with van der Waals surface area (Å²) in [5.41, 5.74) is 1.67. The molecule has 1 aliphatic rings. The molecule has 8 heteroatoms. The Balaban J connectivity index is 1.69. The van der Waals surface area contributed by atoms with Crippen molar-refractivity contribution in [1.82, 2.24) is 4.90 Å². The van der Waals surface area contributed by atoms with Crippen molar-refractivity contribution >= 4 is 40.6 Å². The Morgan fingerprint density at radius 3 is 2.59 bits per heavy atom. The number of aromatic hydroxyl groups is 1. The molecule has 29 heavy (non-hydrogen) atoms. The Morgan fingerprint density at radius 2 is 1.90 bits per heavy atom. The number of hydrogen-bond donors (Lipinski definition) is 1. The number of carbonyl (C=O) groups is 2. The minimum Gasteiger partial charge on any atom is -0.503 e. The maximum Gasteiger partial charge on any atom is 0.293 e. The molecule has 0 saturated carbocycles. The number of phenolic OH excluding ortho intramolecular Hbond substituents is 1. The van der Waals surface area contributed by atoms with Gasteiger partial charge in [-0.3, -0.25) is 14.5 Å². The molecule has 0 aromatic heterocycles. The van der Waals surface area contributed by atoms with Crippen LogP contribution < -0.4 is 9.47 Å². The second-order valence-corrected chi connectivity index (χ2v) is 7.68. The first-order valence-electron chi connectivity index (χ1n) is 8.99. The van der Waals surface area contributed by atoms with Crippen LogP contribution in [0.2, 0.25) is 5.02 Å². The Hall–Kier alpha value is -2.64. The van der Waals surface area contributed by atoms with Gasteiger partial charge >= 0.3 is 0 Å². The molecule has 1 N–H and O–H groups in total. The van der Waals surface area contributed by atoms with Gasteiger partial charge in [0.2, 0.25) is 0 Å². The van der Waals surface area contributed by atoms with E-state index in [1.54, 1.807) is 19.1 Å². The zero-order valence-corrected chi connectivity index (χ0v) is 17.5. The normalized spacial score (nSPS) is 15.3. The molecule has 2 aromatic carbocycles. The number of aryl methyl sites for hydroxylation is 1. The summed E-state index contributed by atoms with van der Waals surface area (Å²) in [5, 5.41) is 9.68. The topological polar surface area (TPSA) is 76.1 Å². The number of rotatable bonds is 7. The molecule has 6 nitrogen and oxygen atoms in total. The van der Waals surface area contributed by atoms with E-state index in [0.717, 1.165) is 22.2 Å². The summed E-state index contributed by atoms with van der Waals surface area (Å²) in [6.07, 6.45) is 1.56. The van der Waals surface area contributed by atoms with E-state index in [-0.39, 0.29) is 39.8 Å². The molecule has 1 heterocycles. The Bertz CT molecular complexity index is 958. The highest BCUT2D eigenvalue weighted by molar-refractivity contribution is 8.18. The zero-order chi connectivity index (χ0) is 21.0. The monoisotopic (exact) mass is 433 g/mol. The molecule has 0 spiro atoms. The van der Waals surface area contributed by atoms with Crippen molar-refractivity contribution in [3.05, 3.63) is 57.5 Å². The van der Waals surface area contributed by atoms with Gasteiger partial charge in [0.25, 0.3) is 11.1 Å². The van der Waals surface area contributed by atoms with Gasteiger partial charge in [-0.25, -0.2) is 0 Å². The molecule has 2 aromatic rings. The summed E-state index contributed by atoms with van der Waals surface area (Å²) in [6.45, 7) is 4.47. The van der Waals surface area contributed by atoms with Gasteiger partial charge < -0.3 is 14.6 Å². The van der Waals surface area contributed by atoms with E-state index in [1.807, 2.05) is 31.2 Å². The van der Waals surface area contributed by atoms with E-state index >= 15 is 0 Å². The Labute approximate surface area is 178 Å². The summed E-state index contributed by atoms with van der Waals surface area (Å²) in [6, 6.07) is 10.6. The molecule has 152 valence electrons. The summed E-state index contributed by atoms with van der Waals surface area (Å²) in [7, 11) is 0. The average Bonchev–Trinajstić information content (AvgIpc) is 2.94. The first-order valence-corrected chi connectivity index (χ1v) is 10.2. The van der Waals surface area contributed by atoms with E-state index in [2.05, 4.69) is 0 Å². The third-order valence-electron chi connectivity index (χ3n) is 4.13. The number of benzene rings is 2. The highest BCUT2D eigenvalue weighted by atomic mass is 35.5. The Morgan fingerprint density at radius 1 is 1.17 bits per heavy atom. The molecule has 2 amide bonds. The van der Waals surface area contributed by atoms with Crippen LogP contribution in [0.5, 0.6) is 17.2 Å². The molecule has 0 radical (unpaired) electrons. The highest BCUT2D eigenvalue weighted by Crippen LogP contribution is 2.38. The fraction of sp³-hybridized carbons (Fsp3) is 0.238. The summed E-state index contributed by atoms with van der Waals surface area (Å²) < 4.78 is 11.0. The van der Waals surface area contributed by atoms with E-state index in [9.17, 15) is 14.7 Å². The van der Waals surface area contributed by atoms with Crippen LogP contribution in [0.3, 0.4) is 0 Å². The summed E-state index contributed by atoms with van der Waals surface area (Å²) in [4.78, 5) is 26.3. The standard InChI is InChI=1S/C21H20ClNO5S/c1-3-27-17-11-14(10-16(22)19(17)24)12-18-20(25)23(21(26)29-18)8-9-28-15-6-4-13(2)5-7-15/h4-7,10-12,24H,3,8-9H2,1-2H3. The van der Waals surface area contributed by atoms with Crippen LogP contribution in [0.1, 0.15) is 18.1 Å². The minimum absolute atomic E-state index is 0.105. The number of phenols is 1. The number of thioether (sulfide) groups is 1. The van der Waals surface area contributed by atoms with Crippen LogP contribution in [-0.2, 0) is 4.79 Å². The van der Waals surface area contributed by atoms with E-state index in [0.29, 0.717) is 17.9 Å². The quantitative estimate of drug-likeness (QED) is 0.628. The van der Waals surface area contributed by atoms with E-state index in [4.69, 9.17) is 21.1 Å². The van der Waals surface area contributed by atoms with Crippen molar-refractivity contribution in [2.24, 2.45) is 0 Å². The number of carbonyl (C=O) groups excluding carboxylic acids is 2.